The molecule has 2 aliphatic rings. The summed E-state index contributed by atoms with van der Waals surface area (Å²) in [4.78, 5) is 16.1. The molecule has 2 aromatic heterocycles. The fraction of sp³-hybridized carbons (Fsp3) is 0.500. The van der Waals surface area contributed by atoms with Gasteiger partial charge in [0.25, 0.3) is 5.91 Å². The number of aromatic nitrogens is 3. The third kappa shape index (κ3) is 2.37. The van der Waals surface area contributed by atoms with Gasteiger partial charge in [0, 0.05) is 17.7 Å². The third-order valence-electron chi connectivity index (χ3n) is 4.96. The van der Waals surface area contributed by atoms with Crippen molar-refractivity contribution < 1.29 is 9.90 Å². The Labute approximate surface area is 138 Å². The number of carbonyl (C=O) groups is 1. The molecule has 0 radical (unpaired) electrons. The summed E-state index contributed by atoms with van der Waals surface area (Å²) in [5.41, 5.74) is 9.80. The van der Waals surface area contributed by atoms with E-state index >= 15 is 0 Å². The van der Waals surface area contributed by atoms with E-state index in [2.05, 4.69) is 10.1 Å². The number of nitrogens with two attached hydrogens (primary N) is 1. The minimum atomic E-state index is -0.401. The van der Waals surface area contributed by atoms with E-state index in [1.807, 2.05) is 6.07 Å². The first-order valence-electron chi connectivity index (χ1n) is 8.00. The second kappa shape index (κ2) is 5.39. The van der Waals surface area contributed by atoms with Gasteiger partial charge in [-0.25, -0.2) is 0 Å². The van der Waals surface area contributed by atoms with E-state index in [-0.39, 0.29) is 11.8 Å². The van der Waals surface area contributed by atoms with Crippen LogP contribution in [0.25, 0.3) is 0 Å². The van der Waals surface area contributed by atoms with Gasteiger partial charge in [-0.1, -0.05) is 11.6 Å². The first kappa shape index (κ1) is 14.8. The number of nitrogen functional groups attached to an aromatic ring is 1. The molecule has 2 heterocycles. The van der Waals surface area contributed by atoms with Crippen LogP contribution < -0.4 is 5.73 Å². The average Bonchev–Trinajstić information content (AvgIpc) is 3.06. The Balaban J connectivity index is 1.71. The molecule has 2 aromatic rings. The molecule has 2 aliphatic carbocycles. The SMILES string of the molecule is Nc1c2c(nn1C(=O)[C@@H]1CCCc3[nH]c(Cl)cc31)CC[C@H](O)C2. The molecule has 0 bridgehead atoms. The molecule has 23 heavy (non-hydrogen) atoms. The molecule has 2 atom stereocenters. The molecule has 4 rings (SSSR count). The van der Waals surface area contributed by atoms with Crippen molar-refractivity contribution in [3.05, 3.63) is 33.7 Å². The van der Waals surface area contributed by atoms with Gasteiger partial charge in [0.1, 0.15) is 11.0 Å². The maximum atomic E-state index is 13.0. The van der Waals surface area contributed by atoms with Gasteiger partial charge < -0.3 is 15.8 Å². The number of aryl methyl sites for hydroxylation is 2. The van der Waals surface area contributed by atoms with Crippen molar-refractivity contribution in [1.82, 2.24) is 14.8 Å². The molecule has 0 aliphatic heterocycles. The molecule has 0 amide bonds. The number of aliphatic hydroxyl groups is 1. The van der Waals surface area contributed by atoms with Crippen LogP contribution in [0, 0.1) is 0 Å². The maximum absolute atomic E-state index is 13.0. The van der Waals surface area contributed by atoms with Crippen molar-refractivity contribution in [2.45, 2.75) is 50.5 Å². The number of hydrogen-bond donors (Lipinski definition) is 3. The molecule has 0 saturated carbocycles. The van der Waals surface area contributed by atoms with Crippen LogP contribution in [-0.4, -0.2) is 31.9 Å². The highest BCUT2D eigenvalue weighted by Gasteiger charge is 2.33. The number of rotatable bonds is 1. The van der Waals surface area contributed by atoms with Crippen LogP contribution >= 0.6 is 11.6 Å². The summed E-state index contributed by atoms with van der Waals surface area (Å²) in [7, 11) is 0. The van der Waals surface area contributed by atoms with Gasteiger partial charge in [-0.05, 0) is 43.7 Å². The first-order chi connectivity index (χ1) is 11.0. The van der Waals surface area contributed by atoms with Gasteiger partial charge in [-0.15, -0.1) is 0 Å². The Morgan fingerprint density at radius 1 is 1.43 bits per heavy atom. The zero-order chi connectivity index (χ0) is 16.1. The topological polar surface area (TPSA) is 96.9 Å². The number of nitrogens with zero attached hydrogens (tertiary/aromatic N) is 2. The normalized spacial score (nSPS) is 23.4. The minimum absolute atomic E-state index is 0.108. The number of aliphatic hydroxyl groups excluding tert-OH is 1. The quantitative estimate of drug-likeness (QED) is 0.743. The Morgan fingerprint density at radius 3 is 3.09 bits per heavy atom. The Morgan fingerprint density at radius 2 is 2.26 bits per heavy atom. The van der Waals surface area contributed by atoms with Crippen LogP contribution in [0.2, 0.25) is 5.15 Å². The monoisotopic (exact) mass is 334 g/mol. The third-order valence-corrected chi connectivity index (χ3v) is 5.17. The number of fused-ring (bicyclic) bond motifs is 2. The zero-order valence-electron chi connectivity index (χ0n) is 12.7. The maximum Gasteiger partial charge on any atom is 0.256 e. The van der Waals surface area contributed by atoms with E-state index in [1.54, 1.807) is 0 Å². The van der Waals surface area contributed by atoms with Crippen LogP contribution in [0.3, 0.4) is 0 Å². The van der Waals surface area contributed by atoms with Crippen molar-refractivity contribution in [3.63, 3.8) is 0 Å². The number of carbonyl (C=O) groups excluding carboxylic acids is 1. The smallest absolute Gasteiger partial charge is 0.256 e. The van der Waals surface area contributed by atoms with Crippen molar-refractivity contribution in [3.8, 4) is 0 Å². The van der Waals surface area contributed by atoms with E-state index in [9.17, 15) is 9.90 Å². The first-order valence-corrected chi connectivity index (χ1v) is 8.38. The van der Waals surface area contributed by atoms with Crippen LogP contribution in [0.5, 0.6) is 0 Å². The number of aromatic amines is 1. The fourth-order valence-electron chi connectivity index (χ4n) is 3.78. The second-order valence-corrected chi connectivity index (χ2v) is 6.86. The van der Waals surface area contributed by atoms with Crippen LogP contribution in [0.15, 0.2) is 6.07 Å². The second-order valence-electron chi connectivity index (χ2n) is 6.45. The summed E-state index contributed by atoms with van der Waals surface area (Å²) in [6, 6.07) is 1.84. The van der Waals surface area contributed by atoms with Gasteiger partial charge in [-0.3, -0.25) is 4.79 Å². The van der Waals surface area contributed by atoms with Gasteiger partial charge in [0.05, 0.1) is 17.7 Å². The van der Waals surface area contributed by atoms with Crippen molar-refractivity contribution >= 4 is 23.3 Å². The summed E-state index contributed by atoms with van der Waals surface area (Å²) < 4.78 is 1.34. The predicted molar refractivity (Wildman–Crippen MR) is 86.8 cm³/mol. The van der Waals surface area contributed by atoms with E-state index in [0.717, 1.165) is 41.8 Å². The lowest BCUT2D eigenvalue weighted by Gasteiger charge is -2.21. The molecular weight excluding hydrogens is 316 g/mol. The van der Waals surface area contributed by atoms with Crippen LogP contribution in [0.1, 0.15) is 52.5 Å². The summed E-state index contributed by atoms with van der Waals surface area (Å²) in [6.45, 7) is 0. The van der Waals surface area contributed by atoms with E-state index in [0.29, 0.717) is 30.2 Å². The molecule has 7 heteroatoms. The lowest BCUT2D eigenvalue weighted by molar-refractivity contribution is 0.0854. The Bertz CT molecular complexity index is 779. The summed E-state index contributed by atoms with van der Waals surface area (Å²) in [5.74, 6) is -0.00316. The van der Waals surface area contributed by atoms with E-state index in [4.69, 9.17) is 17.3 Å². The highest BCUT2D eigenvalue weighted by Crippen LogP contribution is 2.36. The van der Waals surface area contributed by atoms with Crippen molar-refractivity contribution in [2.75, 3.05) is 5.73 Å². The number of H-pyrrole nitrogens is 1. The standard InChI is InChI=1S/C16H19ClN4O2/c17-14-7-10-9(2-1-3-12(10)19-14)16(23)21-15(18)11-6-8(22)4-5-13(11)20-21/h7-9,19,22H,1-6,18H2/t8-,9+/m0/s1. The Hall–Kier alpha value is -1.79. The lowest BCUT2D eigenvalue weighted by atomic mass is 9.86. The number of anilines is 1. The number of halogens is 1. The van der Waals surface area contributed by atoms with Crippen LogP contribution in [-0.2, 0) is 19.3 Å². The minimum Gasteiger partial charge on any atom is -0.393 e. The summed E-state index contributed by atoms with van der Waals surface area (Å²) in [5, 5.41) is 14.8. The molecule has 6 nitrogen and oxygen atoms in total. The summed E-state index contributed by atoms with van der Waals surface area (Å²) >= 11 is 6.05. The molecule has 0 unspecified atom stereocenters. The molecule has 0 aromatic carbocycles. The van der Waals surface area contributed by atoms with Crippen molar-refractivity contribution in [2.24, 2.45) is 0 Å². The van der Waals surface area contributed by atoms with E-state index in [1.165, 1.54) is 4.68 Å². The van der Waals surface area contributed by atoms with Gasteiger partial charge in [0.2, 0.25) is 0 Å². The van der Waals surface area contributed by atoms with Crippen LogP contribution in [0.4, 0.5) is 5.82 Å². The molecule has 0 saturated heterocycles. The zero-order valence-corrected chi connectivity index (χ0v) is 13.4. The molecular formula is C16H19ClN4O2. The largest absolute Gasteiger partial charge is 0.393 e. The van der Waals surface area contributed by atoms with Gasteiger partial charge >= 0.3 is 0 Å². The predicted octanol–water partition coefficient (Wildman–Crippen LogP) is 2.06. The van der Waals surface area contributed by atoms with E-state index < -0.39 is 6.10 Å². The average molecular weight is 335 g/mol. The fourth-order valence-corrected chi connectivity index (χ4v) is 4.01. The highest BCUT2D eigenvalue weighted by molar-refractivity contribution is 6.29. The summed E-state index contributed by atoms with van der Waals surface area (Å²) in [6.07, 6.45) is 4.00. The molecule has 0 fully saturated rings. The lowest BCUT2D eigenvalue weighted by Crippen LogP contribution is -2.25. The number of nitrogens with one attached hydrogen (secondary N) is 1. The van der Waals surface area contributed by atoms with Crippen molar-refractivity contribution in [1.29, 1.82) is 0 Å². The van der Waals surface area contributed by atoms with Gasteiger partial charge in [0.15, 0.2) is 0 Å². The molecule has 0 spiro atoms. The Kier molecular flexibility index (Phi) is 3.46. The number of hydrogen-bond acceptors (Lipinski definition) is 4. The van der Waals surface area contributed by atoms with Gasteiger partial charge in [-0.2, -0.15) is 9.78 Å². The molecule has 4 N–H and O–H groups in total. The molecule has 122 valence electrons. The highest BCUT2D eigenvalue weighted by atomic mass is 35.5.